The summed E-state index contributed by atoms with van der Waals surface area (Å²) in [5, 5.41) is -0.0209. The van der Waals surface area contributed by atoms with Gasteiger partial charge in [-0.1, -0.05) is 23.8 Å². The first-order chi connectivity index (χ1) is 9.16. The van der Waals surface area contributed by atoms with Gasteiger partial charge in [-0.2, -0.15) is 4.31 Å². The van der Waals surface area contributed by atoms with Gasteiger partial charge < -0.3 is 5.73 Å². The molecule has 1 rings (SSSR count). The summed E-state index contributed by atoms with van der Waals surface area (Å²) in [5.74, 6) is -0.661. The lowest BCUT2D eigenvalue weighted by Gasteiger charge is -2.26. The Morgan fingerprint density at radius 3 is 2.60 bits per heavy atom. The molecule has 0 heterocycles. The van der Waals surface area contributed by atoms with E-state index in [0.717, 1.165) is 12.1 Å². The number of halogens is 2. The first kappa shape index (κ1) is 17.3. The molecule has 0 radical (unpaired) electrons. The molecule has 20 heavy (non-hydrogen) atoms. The van der Waals surface area contributed by atoms with Crippen molar-refractivity contribution in [3.05, 3.63) is 29.0 Å². The van der Waals surface area contributed by atoms with E-state index >= 15 is 0 Å². The predicted molar refractivity (Wildman–Crippen MR) is 81.8 cm³/mol. The van der Waals surface area contributed by atoms with Crippen LogP contribution >= 0.6 is 23.8 Å². The van der Waals surface area contributed by atoms with Crippen LogP contribution in [0.4, 0.5) is 4.39 Å². The minimum Gasteiger partial charge on any atom is -0.393 e. The molecule has 4 nitrogen and oxygen atoms in total. The quantitative estimate of drug-likeness (QED) is 0.810. The Morgan fingerprint density at radius 1 is 1.50 bits per heavy atom. The lowest BCUT2D eigenvalue weighted by Crippen LogP contribution is -2.39. The molecule has 0 aromatic heterocycles. The van der Waals surface area contributed by atoms with Crippen LogP contribution in [0.25, 0.3) is 0 Å². The zero-order chi connectivity index (χ0) is 15.5. The van der Waals surface area contributed by atoms with Gasteiger partial charge in [0.15, 0.2) is 0 Å². The highest BCUT2D eigenvalue weighted by molar-refractivity contribution is 7.89. The lowest BCUT2D eigenvalue weighted by atomic mass is 10.3. The number of rotatable bonds is 6. The van der Waals surface area contributed by atoms with Crippen molar-refractivity contribution < 1.29 is 12.8 Å². The minimum absolute atomic E-state index is 0.0209. The van der Waals surface area contributed by atoms with Gasteiger partial charge in [0, 0.05) is 19.0 Å². The largest absolute Gasteiger partial charge is 0.393 e. The maximum atomic E-state index is 13.3. The van der Waals surface area contributed by atoms with E-state index in [0.29, 0.717) is 0 Å². The van der Waals surface area contributed by atoms with E-state index in [1.165, 1.54) is 10.4 Å². The molecule has 2 N–H and O–H groups in total. The second kappa shape index (κ2) is 6.80. The van der Waals surface area contributed by atoms with Crippen LogP contribution in [0.1, 0.15) is 20.3 Å². The monoisotopic (exact) mass is 338 g/mol. The first-order valence-electron chi connectivity index (χ1n) is 5.91. The third-order valence-corrected chi connectivity index (χ3v) is 5.40. The molecule has 0 aliphatic rings. The van der Waals surface area contributed by atoms with Gasteiger partial charge in [-0.15, -0.1) is 0 Å². The van der Waals surface area contributed by atoms with Crippen molar-refractivity contribution in [3.8, 4) is 0 Å². The highest BCUT2D eigenvalue weighted by atomic mass is 35.5. The van der Waals surface area contributed by atoms with Crippen molar-refractivity contribution >= 4 is 38.8 Å². The fourth-order valence-corrected chi connectivity index (χ4v) is 3.89. The Labute approximate surface area is 128 Å². The summed E-state index contributed by atoms with van der Waals surface area (Å²) >= 11 is 10.6. The normalized spacial score (nSPS) is 12.1. The van der Waals surface area contributed by atoms with Crippen LogP contribution in [0.15, 0.2) is 23.1 Å². The van der Waals surface area contributed by atoms with Crippen molar-refractivity contribution in [2.24, 2.45) is 5.73 Å². The zero-order valence-electron chi connectivity index (χ0n) is 11.1. The number of hydrogen-bond donors (Lipinski definition) is 1. The maximum Gasteiger partial charge on any atom is 0.244 e. The van der Waals surface area contributed by atoms with E-state index in [9.17, 15) is 12.8 Å². The van der Waals surface area contributed by atoms with Crippen LogP contribution in [0, 0.1) is 5.82 Å². The van der Waals surface area contributed by atoms with Gasteiger partial charge >= 0.3 is 0 Å². The summed E-state index contributed by atoms with van der Waals surface area (Å²) in [5.41, 5.74) is 5.40. The Balaban J connectivity index is 3.22. The fraction of sp³-hybridized carbons (Fsp3) is 0.417. The van der Waals surface area contributed by atoms with Gasteiger partial charge in [-0.3, -0.25) is 0 Å². The fourth-order valence-electron chi connectivity index (χ4n) is 1.68. The molecule has 0 spiro atoms. The van der Waals surface area contributed by atoms with Gasteiger partial charge in [0.1, 0.15) is 10.7 Å². The third kappa shape index (κ3) is 4.12. The second-order valence-electron chi connectivity index (χ2n) is 4.50. The number of benzene rings is 1. The number of nitrogens with two attached hydrogens (primary N) is 1. The van der Waals surface area contributed by atoms with E-state index in [1.54, 1.807) is 13.8 Å². The molecule has 0 aliphatic carbocycles. The van der Waals surface area contributed by atoms with E-state index in [2.05, 4.69) is 0 Å². The Morgan fingerprint density at radius 2 is 2.10 bits per heavy atom. The molecule has 0 atom stereocenters. The highest BCUT2D eigenvalue weighted by Crippen LogP contribution is 2.26. The Bertz CT molecular complexity index is 605. The zero-order valence-corrected chi connectivity index (χ0v) is 13.5. The minimum atomic E-state index is -3.90. The average Bonchev–Trinajstić information content (AvgIpc) is 2.31. The molecule has 0 aliphatic heterocycles. The molecule has 0 saturated heterocycles. The van der Waals surface area contributed by atoms with Crippen molar-refractivity contribution in [2.45, 2.75) is 31.2 Å². The van der Waals surface area contributed by atoms with Crippen LogP contribution in [-0.2, 0) is 10.0 Å². The van der Waals surface area contributed by atoms with Crippen LogP contribution < -0.4 is 5.73 Å². The van der Waals surface area contributed by atoms with E-state index < -0.39 is 15.8 Å². The SMILES string of the molecule is CC(C)N(CCC(N)=S)S(=O)(=O)c1cc(F)ccc1Cl. The molecule has 0 fully saturated rings. The van der Waals surface area contributed by atoms with Crippen LogP contribution in [-0.4, -0.2) is 30.3 Å². The summed E-state index contributed by atoms with van der Waals surface area (Å²) in [6.07, 6.45) is 0.250. The van der Waals surface area contributed by atoms with Crippen LogP contribution in [0.5, 0.6) is 0 Å². The van der Waals surface area contributed by atoms with Crippen LogP contribution in [0.3, 0.4) is 0 Å². The summed E-state index contributed by atoms with van der Waals surface area (Å²) in [6.45, 7) is 3.55. The van der Waals surface area contributed by atoms with E-state index in [4.69, 9.17) is 29.6 Å². The van der Waals surface area contributed by atoms with Gasteiger partial charge in [0.2, 0.25) is 10.0 Å². The van der Waals surface area contributed by atoms with Crippen molar-refractivity contribution in [1.82, 2.24) is 4.31 Å². The van der Waals surface area contributed by atoms with E-state index in [-0.39, 0.29) is 33.9 Å². The van der Waals surface area contributed by atoms with E-state index in [1.807, 2.05) is 0 Å². The van der Waals surface area contributed by atoms with Gasteiger partial charge in [-0.25, -0.2) is 12.8 Å². The molecular formula is C12H16ClFN2O2S2. The predicted octanol–water partition coefficient (Wildman–Crippen LogP) is 2.55. The molecular weight excluding hydrogens is 323 g/mol. The molecule has 8 heteroatoms. The highest BCUT2D eigenvalue weighted by Gasteiger charge is 2.29. The van der Waals surface area contributed by atoms with Crippen molar-refractivity contribution in [2.75, 3.05) is 6.54 Å². The molecule has 0 bridgehead atoms. The van der Waals surface area contributed by atoms with Crippen molar-refractivity contribution in [3.63, 3.8) is 0 Å². The van der Waals surface area contributed by atoms with Gasteiger partial charge in [-0.05, 0) is 32.0 Å². The smallest absolute Gasteiger partial charge is 0.244 e. The topological polar surface area (TPSA) is 63.4 Å². The van der Waals surface area contributed by atoms with Gasteiger partial charge in [0.05, 0.1) is 10.0 Å². The summed E-state index contributed by atoms with van der Waals surface area (Å²) in [6, 6.07) is 2.91. The lowest BCUT2D eigenvalue weighted by molar-refractivity contribution is 0.362. The third-order valence-electron chi connectivity index (χ3n) is 2.63. The standard InChI is InChI=1S/C12H16ClFN2O2S2/c1-8(2)16(6-5-12(15)19)20(17,18)11-7-9(14)3-4-10(11)13/h3-4,7-8H,5-6H2,1-2H3,(H2,15,19). The molecule has 0 saturated carbocycles. The van der Waals surface area contributed by atoms with Gasteiger partial charge in [0.25, 0.3) is 0 Å². The second-order valence-corrected chi connectivity index (χ2v) is 7.29. The Kier molecular flexibility index (Phi) is 5.88. The van der Waals surface area contributed by atoms with Crippen LogP contribution in [0.2, 0.25) is 5.02 Å². The average molecular weight is 339 g/mol. The summed E-state index contributed by atoms with van der Waals surface area (Å²) < 4.78 is 39.6. The first-order valence-corrected chi connectivity index (χ1v) is 8.14. The number of thiocarbonyl (C=S) groups is 1. The number of sulfonamides is 1. The molecule has 1 aromatic carbocycles. The molecule has 112 valence electrons. The summed E-state index contributed by atoms with van der Waals surface area (Å²) in [4.78, 5) is -0.0352. The molecule has 0 unspecified atom stereocenters. The molecule has 0 amide bonds. The Hall–Kier alpha value is -0.760. The number of hydrogen-bond acceptors (Lipinski definition) is 3. The summed E-state index contributed by atoms with van der Waals surface area (Å²) in [7, 11) is -3.90. The molecule has 1 aromatic rings. The number of nitrogens with zero attached hydrogens (tertiary/aromatic N) is 1. The maximum absolute atomic E-state index is 13.3. The van der Waals surface area contributed by atoms with Crippen molar-refractivity contribution in [1.29, 1.82) is 0 Å².